The molecule has 0 bridgehead atoms. The first kappa shape index (κ1) is 12.9. The van der Waals surface area contributed by atoms with E-state index >= 15 is 0 Å². The SMILES string of the molecule is N#Cc1ccc(NC(=O)C2(N)CCCC2)c(Cl)c1. The van der Waals surface area contributed by atoms with Gasteiger partial charge in [-0.15, -0.1) is 0 Å². The van der Waals surface area contributed by atoms with Crippen molar-refractivity contribution in [1.29, 1.82) is 5.26 Å². The molecule has 4 nitrogen and oxygen atoms in total. The van der Waals surface area contributed by atoms with Crippen molar-refractivity contribution in [3.63, 3.8) is 0 Å². The van der Waals surface area contributed by atoms with Gasteiger partial charge in [0.25, 0.3) is 0 Å². The van der Waals surface area contributed by atoms with Crippen molar-refractivity contribution in [2.24, 2.45) is 5.73 Å². The Labute approximate surface area is 111 Å². The van der Waals surface area contributed by atoms with E-state index in [0.717, 1.165) is 12.8 Å². The molecule has 94 valence electrons. The van der Waals surface area contributed by atoms with Crippen LogP contribution in [0.2, 0.25) is 5.02 Å². The largest absolute Gasteiger partial charge is 0.323 e. The molecule has 18 heavy (non-hydrogen) atoms. The second kappa shape index (κ2) is 4.97. The van der Waals surface area contributed by atoms with Gasteiger partial charge in [-0.3, -0.25) is 4.79 Å². The molecule has 0 unspecified atom stereocenters. The lowest BCUT2D eigenvalue weighted by molar-refractivity contribution is -0.121. The number of benzene rings is 1. The molecule has 5 heteroatoms. The highest BCUT2D eigenvalue weighted by Crippen LogP contribution is 2.30. The van der Waals surface area contributed by atoms with Gasteiger partial charge < -0.3 is 11.1 Å². The Hall–Kier alpha value is -1.57. The summed E-state index contributed by atoms with van der Waals surface area (Å²) in [6.07, 6.45) is 3.36. The fraction of sp³-hybridized carbons (Fsp3) is 0.385. The van der Waals surface area contributed by atoms with Crippen LogP contribution in [0, 0.1) is 11.3 Å². The molecule has 0 aliphatic heterocycles. The van der Waals surface area contributed by atoms with E-state index in [-0.39, 0.29) is 5.91 Å². The Balaban J connectivity index is 2.15. The predicted molar refractivity (Wildman–Crippen MR) is 70.2 cm³/mol. The summed E-state index contributed by atoms with van der Waals surface area (Å²) in [7, 11) is 0. The minimum absolute atomic E-state index is 0.202. The molecule has 0 radical (unpaired) electrons. The van der Waals surface area contributed by atoms with Crippen LogP contribution in [0.25, 0.3) is 0 Å². The van der Waals surface area contributed by atoms with Crippen LogP contribution >= 0.6 is 11.6 Å². The van der Waals surface area contributed by atoms with Gasteiger partial charge in [-0.25, -0.2) is 0 Å². The fourth-order valence-electron chi connectivity index (χ4n) is 2.17. The summed E-state index contributed by atoms with van der Waals surface area (Å²) < 4.78 is 0. The topological polar surface area (TPSA) is 78.9 Å². The molecule has 1 aromatic carbocycles. The van der Waals surface area contributed by atoms with Crippen molar-refractivity contribution < 1.29 is 4.79 Å². The maximum atomic E-state index is 12.1. The van der Waals surface area contributed by atoms with Crippen LogP contribution in [-0.4, -0.2) is 11.4 Å². The smallest absolute Gasteiger partial charge is 0.244 e. The number of nitrogens with zero attached hydrogens (tertiary/aromatic N) is 1. The van der Waals surface area contributed by atoms with Crippen molar-refractivity contribution in [2.75, 3.05) is 5.32 Å². The van der Waals surface area contributed by atoms with E-state index in [4.69, 9.17) is 22.6 Å². The van der Waals surface area contributed by atoms with Crippen LogP contribution in [-0.2, 0) is 4.79 Å². The molecule has 0 atom stereocenters. The quantitative estimate of drug-likeness (QED) is 0.860. The van der Waals surface area contributed by atoms with E-state index in [2.05, 4.69) is 5.32 Å². The van der Waals surface area contributed by atoms with Gasteiger partial charge in [-0.2, -0.15) is 5.26 Å². The van der Waals surface area contributed by atoms with Crippen molar-refractivity contribution in [3.8, 4) is 6.07 Å². The number of hydrogen-bond acceptors (Lipinski definition) is 3. The zero-order chi connectivity index (χ0) is 13.2. The Kier molecular flexibility index (Phi) is 3.55. The molecule has 1 aromatic rings. The standard InChI is InChI=1S/C13H14ClN3O/c14-10-7-9(8-15)3-4-11(10)17-12(18)13(16)5-1-2-6-13/h3-4,7H,1-2,5-6,16H2,(H,17,18). The van der Waals surface area contributed by atoms with E-state index < -0.39 is 5.54 Å². The predicted octanol–water partition coefficient (Wildman–Crippen LogP) is 2.42. The molecule has 0 aromatic heterocycles. The Morgan fingerprint density at radius 2 is 2.11 bits per heavy atom. The number of rotatable bonds is 2. The summed E-state index contributed by atoms with van der Waals surface area (Å²) >= 11 is 6.00. The van der Waals surface area contributed by atoms with Gasteiger partial charge in [0.05, 0.1) is 27.9 Å². The van der Waals surface area contributed by atoms with Crippen LogP contribution in [0.4, 0.5) is 5.69 Å². The lowest BCUT2D eigenvalue weighted by Gasteiger charge is -2.22. The van der Waals surface area contributed by atoms with Gasteiger partial charge in [0.15, 0.2) is 0 Å². The van der Waals surface area contributed by atoms with Crippen LogP contribution in [0.3, 0.4) is 0 Å². The van der Waals surface area contributed by atoms with Gasteiger partial charge in [-0.05, 0) is 31.0 Å². The van der Waals surface area contributed by atoms with E-state index in [0.29, 0.717) is 29.1 Å². The van der Waals surface area contributed by atoms with Gasteiger partial charge in [0, 0.05) is 0 Å². The van der Waals surface area contributed by atoms with Gasteiger partial charge >= 0.3 is 0 Å². The molecule has 0 saturated heterocycles. The maximum absolute atomic E-state index is 12.1. The number of carbonyl (C=O) groups excluding carboxylic acids is 1. The van der Waals surface area contributed by atoms with Crippen molar-refractivity contribution in [1.82, 2.24) is 0 Å². The Morgan fingerprint density at radius 1 is 1.44 bits per heavy atom. The first-order chi connectivity index (χ1) is 8.55. The zero-order valence-electron chi connectivity index (χ0n) is 9.87. The zero-order valence-corrected chi connectivity index (χ0v) is 10.6. The number of hydrogen-bond donors (Lipinski definition) is 2. The van der Waals surface area contributed by atoms with Crippen molar-refractivity contribution in [3.05, 3.63) is 28.8 Å². The number of nitrogens with two attached hydrogens (primary N) is 1. The average molecular weight is 264 g/mol. The summed E-state index contributed by atoms with van der Waals surface area (Å²) in [5.74, 6) is -0.202. The van der Waals surface area contributed by atoms with Gasteiger partial charge in [0.2, 0.25) is 5.91 Å². The second-order valence-corrected chi connectivity index (χ2v) is 5.03. The number of halogens is 1. The molecule has 1 aliphatic rings. The summed E-state index contributed by atoms with van der Waals surface area (Å²) in [6, 6.07) is 6.74. The molecule has 1 amide bonds. The van der Waals surface area contributed by atoms with Gasteiger partial charge in [-0.1, -0.05) is 24.4 Å². The van der Waals surface area contributed by atoms with E-state index in [1.807, 2.05) is 6.07 Å². The third-order valence-corrected chi connectivity index (χ3v) is 3.61. The summed E-state index contributed by atoms with van der Waals surface area (Å²) in [5, 5.41) is 11.8. The molecule has 0 spiro atoms. The van der Waals surface area contributed by atoms with Crippen LogP contribution in [0.5, 0.6) is 0 Å². The van der Waals surface area contributed by atoms with E-state index in [9.17, 15) is 4.79 Å². The van der Waals surface area contributed by atoms with Crippen molar-refractivity contribution >= 4 is 23.2 Å². The van der Waals surface area contributed by atoms with Gasteiger partial charge in [0.1, 0.15) is 0 Å². The summed E-state index contributed by atoms with van der Waals surface area (Å²) in [4.78, 5) is 12.1. The number of anilines is 1. The molecule has 1 saturated carbocycles. The highest BCUT2D eigenvalue weighted by atomic mass is 35.5. The Bertz CT molecular complexity index is 515. The van der Waals surface area contributed by atoms with Crippen molar-refractivity contribution in [2.45, 2.75) is 31.2 Å². The number of nitrogens with one attached hydrogen (secondary N) is 1. The Morgan fingerprint density at radius 3 is 2.67 bits per heavy atom. The maximum Gasteiger partial charge on any atom is 0.244 e. The van der Waals surface area contributed by atoms with E-state index in [1.165, 1.54) is 6.07 Å². The molecular formula is C13H14ClN3O. The average Bonchev–Trinajstić information content (AvgIpc) is 2.80. The lowest BCUT2D eigenvalue weighted by atomic mass is 9.98. The van der Waals surface area contributed by atoms with Crippen LogP contribution in [0.15, 0.2) is 18.2 Å². The summed E-state index contributed by atoms with van der Waals surface area (Å²) in [5.41, 5.74) is 6.23. The summed E-state index contributed by atoms with van der Waals surface area (Å²) in [6.45, 7) is 0. The minimum atomic E-state index is -0.781. The molecule has 3 N–H and O–H groups in total. The number of nitriles is 1. The van der Waals surface area contributed by atoms with Crippen LogP contribution in [0.1, 0.15) is 31.2 Å². The highest BCUT2D eigenvalue weighted by Gasteiger charge is 2.37. The molecular weight excluding hydrogens is 250 g/mol. The number of amides is 1. The normalized spacial score (nSPS) is 17.2. The third kappa shape index (κ3) is 2.47. The third-order valence-electron chi connectivity index (χ3n) is 3.29. The first-order valence-corrected chi connectivity index (χ1v) is 6.23. The van der Waals surface area contributed by atoms with Crippen LogP contribution < -0.4 is 11.1 Å². The molecule has 1 aliphatic carbocycles. The fourth-order valence-corrected chi connectivity index (χ4v) is 2.39. The number of carbonyl (C=O) groups is 1. The lowest BCUT2D eigenvalue weighted by Crippen LogP contribution is -2.48. The van der Waals surface area contributed by atoms with E-state index in [1.54, 1.807) is 12.1 Å². The first-order valence-electron chi connectivity index (χ1n) is 5.85. The molecule has 1 fully saturated rings. The minimum Gasteiger partial charge on any atom is -0.323 e. The monoisotopic (exact) mass is 263 g/mol. The molecule has 0 heterocycles. The second-order valence-electron chi connectivity index (χ2n) is 4.62. The highest BCUT2D eigenvalue weighted by molar-refractivity contribution is 6.33. The molecule has 2 rings (SSSR count).